The third-order valence-corrected chi connectivity index (χ3v) is 3.43. The highest BCUT2D eigenvalue weighted by Crippen LogP contribution is 2.11. The van der Waals surface area contributed by atoms with Crippen LogP contribution in [-0.2, 0) is 17.8 Å². The van der Waals surface area contributed by atoms with Crippen molar-refractivity contribution in [2.24, 2.45) is 0 Å². The molecule has 0 bridgehead atoms. The lowest BCUT2D eigenvalue weighted by atomic mass is 10.2. The molecular formula is C15H17BrN2O2. The van der Waals surface area contributed by atoms with Gasteiger partial charge in [0.25, 0.3) is 5.91 Å². The maximum atomic E-state index is 12.2. The van der Waals surface area contributed by atoms with E-state index in [1.165, 1.54) is 0 Å². The first-order valence-electron chi connectivity index (χ1n) is 6.37. The van der Waals surface area contributed by atoms with Crippen molar-refractivity contribution < 1.29 is 9.53 Å². The smallest absolute Gasteiger partial charge is 0.268 e. The van der Waals surface area contributed by atoms with Gasteiger partial charge in [-0.05, 0) is 29.8 Å². The Kier molecular flexibility index (Phi) is 5.38. The molecule has 0 aliphatic rings. The second-order valence-corrected chi connectivity index (χ2v) is 5.31. The third-order valence-electron chi connectivity index (χ3n) is 2.94. The van der Waals surface area contributed by atoms with Crippen LogP contribution in [0.25, 0.3) is 0 Å². The number of nitrogens with zero attached hydrogens (tertiary/aromatic N) is 1. The highest BCUT2D eigenvalue weighted by molar-refractivity contribution is 9.10. The molecule has 0 atom stereocenters. The van der Waals surface area contributed by atoms with E-state index in [0.717, 1.165) is 10.0 Å². The monoisotopic (exact) mass is 336 g/mol. The number of ether oxygens (including phenoxy) is 1. The maximum Gasteiger partial charge on any atom is 0.268 e. The molecule has 1 heterocycles. The van der Waals surface area contributed by atoms with Gasteiger partial charge in [-0.3, -0.25) is 4.79 Å². The molecule has 0 saturated heterocycles. The first kappa shape index (κ1) is 14.8. The second kappa shape index (κ2) is 7.26. The Morgan fingerprint density at radius 1 is 1.35 bits per heavy atom. The van der Waals surface area contributed by atoms with Gasteiger partial charge in [0.05, 0.1) is 6.61 Å². The molecule has 1 aromatic carbocycles. The summed E-state index contributed by atoms with van der Waals surface area (Å²) in [4.78, 5) is 12.2. The summed E-state index contributed by atoms with van der Waals surface area (Å²) in [7, 11) is 1.65. The van der Waals surface area contributed by atoms with Crippen molar-refractivity contribution in [2.45, 2.75) is 13.1 Å². The van der Waals surface area contributed by atoms with Crippen molar-refractivity contribution in [1.82, 2.24) is 9.88 Å². The summed E-state index contributed by atoms with van der Waals surface area (Å²) in [6.45, 7) is 1.76. The molecule has 4 nitrogen and oxygen atoms in total. The van der Waals surface area contributed by atoms with Gasteiger partial charge in [-0.15, -0.1) is 0 Å². The van der Waals surface area contributed by atoms with Crippen LogP contribution in [0, 0.1) is 0 Å². The summed E-state index contributed by atoms with van der Waals surface area (Å²) in [5.74, 6) is -0.0777. The van der Waals surface area contributed by atoms with Gasteiger partial charge in [0.2, 0.25) is 0 Å². The van der Waals surface area contributed by atoms with Crippen molar-refractivity contribution in [3.05, 3.63) is 58.3 Å². The molecule has 0 aliphatic carbocycles. The van der Waals surface area contributed by atoms with E-state index in [1.807, 2.05) is 47.2 Å². The largest absolute Gasteiger partial charge is 0.383 e. The quantitative estimate of drug-likeness (QED) is 0.881. The Bertz CT molecular complexity index is 581. The van der Waals surface area contributed by atoms with E-state index in [2.05, 4.69) is 21.2 Å². The Morgan fingerprint density at radius 2 is 2.20 bits per heavy atom. The average molecular weight is 337 g/mol. The Morgan fingerprint density at radius 3 is 2.95 bits per heavy atom. The maximum absolute atomic E-state index is 12.2. The van der Waals surface area contributed by atoms with Crippen LogP contribution in [0.1, 0.15) is 16.1 Å². The van der Waals surface area contributed by atoms with Crippen LogP contribution in [0.15, 0.2) is 47.1 Å². The van der Waals surface area contributed by atoms with E-state index in [-0.39, 0.29) is 5.91 Å². The van der Waals surface area contributed by atoms with Crippen LogP contribution in [-0.4, -0.2) is 24.2 Å². The van der Waals surface area contributed by atoms with Crippen LogP contribution in [0.2, 0.25) is 0 Å². The molecule has 0 radical (unpaired) electrons. The van der Waals surface area contributed by atoms with Gasteiger partial charge in [0.15, 0.2) is 0 Å². The van der Waals surface area contributed by atoms with E-state index >= 15 is 0 Å². The molecule has 0 fully saturated rings. The van der Waals surface area contributed by atoms with E-state index in [0.29, 0.717) is 25.4 Å². The van der Waals surface area contributed by atoms with Crippen molar-refractivity contribution in [1.29, 1.82) is 0 Å². The normalized spacial score (nSPS) is 10.5. The fourth-order valence-corrected chi connectivity index (χ4v) is 2.37. The first-order valence-corrected chi connectivity index (χ1v) is 7.16. The van der Waals surface area contributed by atoms with Gasteiger partial charge in [0.1, 0.15) is 5.69 Å². The average Bonchev–Trinajstić information content (AvgIpc) is 2.91. The lowest BCUT2D eigenvalue weighted by Gasteiger charge is -2.09. The Labute approximate surface area is 126 Å². The Balaban J connectivity index is 1.96. The standard InChI is InChI=1S/C15H17BrN2O2/c1-20-9-8-18-7-3-6-14(18)15(19)17-11-12-4-2-5-13(16)10-12/h2-7,10H,8-9,11H2,1H3,(H,17,19). The molecule has 0 aliphatic heterocycles. The predicted octanol–water partition coefficient (Wildman–Crippen LogP) is 2.83. The van der Waals surface area contributed by atoms with Gasteiger partial charge >= 0.3 is 0 Å². The topological polar surface area (TPSA) is 43.3 Å². The lowest BCUT2D eigenvalue weighted by molar-refractivity contribution is 0.0939. The summed E-state index contributed by atoms with van der Waals surface area (Å²) in [5, 5.41) is 2.92. The summed E-state index contributed by atoms with van der Waals surface area (Å²) in [6, 6.07) is 11.6. The predicted molar refractivity (Wildman–Crippen MR) is 81.6 cm³/mol. The summed E-state index contributed by atoms with van der Waals surface area (Å²) < 4.78 is 7.93. The number of halogens is 1. The number of rotatable bonds is 6. The van der Waals surface area contributed by atoms with Crippen molar-refractivity contribution in [3.8, 4) is 0 Å². The van der Waals surface area contributed by atoms with Crippen LogP contribution in [0.5, 0.6) is 0 Å². The van der Waals surface area contributed by atoms with Gasteiger partial charge in [0, 0.05) is 30.9 Å². The van der Waals surface area contributed by atoms with Crippen LogP contribution in [0.4, 0.5) is 0 Å². The number of methoxy groups -OCH3 is 1. The lowest BCUT2D eigenvalue weighted by Crippen LogP contribution is -2.25. The SMILES string of the molecule is COCCn1cccc1C(=O)NCc1cccc(Br)c1. The highest BCUT2D eigenvalue weighted by Gasteiger charge is 2.10. The minimum Gasteiger partial charge on any atom is -0.383 e. The molecule has 1 amide bonds. The molecule has 0 saturated carbocycles. The highest BCUT2D eigenvalue weighted by atomic mass is 79.9. The van der Waals surface area contributed by atoms with Gasteiger partial charge in [-0.1, -0.05) is 28.1 Å². The first-order chi connectivity index (χ1) is 9.70. The van der Waals surface area contributed by atoms with E-state index < -0.39 is 0 Å². The minimum absolute atomic E-state index is 0.0777. The third kappa shape index (κ3) is 3.95. The van der Waals surface area contributed by atoms with Gasteiger partial charge < -0.3 is 14.6 Å². The van der Waals surface area contributed by atoms with Crippen LogP contribution >= 0.6 is 15.9 Å². The van der Waals surface area contributed by atoms with Crippen molar-refractivity contribution in [3.63, 3.8) is 0 Å². The second-order valence-electron chi connectivity index (χ2n) is 4.39. The van der Waals surface area contributed by atoms with Crippen molar-refractivity contribution in [2.75, 3.05) is 13.7 Å². The van der Waals surface area contributed by atoms with Crippen LogP contribution < -0.4 is 5.32 Å². The molecule has 20 heavy (non-hydrogen) atoms. The van der Waals surface area contributed by atoms with Gasteiger partial charge in [-0.2, -0.15) is 0 Å². The molecule has 106 valence electrons. The minimum atomic E-state index is -0.0777. The molecule has 2 aromatic rings. The summed E-state index contributed by atoms with van der Waals surface area (Å²) >= 11 is 3.42. The fourth-order valence-electron chi connectivity index (χ4n) is 1.92. The zero-order chi connectivity index (χ0) is 14.4. The van der Waals surface area contributed by atoms with Gasteiger partial charge in [-0.25, -0.2) is 0 Å². The molecule has 0 spiro atoms. The summed E-state index contributed by atoms with van der Waals surface area (Å²) in [5.41, 5.74) is 1.71. The number of amides is 1. The number of hydrogen-bond acceptors (Lipinski definition) is 2. The molecular weight excluding hydrogens is 320 g/mol. The summed E-state index contributed by atoms with van der Waals surface area (Å²) in [6.07, 6.45) is 1.88. The molecule has 5 heteroatoms. The molecule has 1 aromatic heterocycles. The van der Waals surface area contributed by atoms with E-state index in [1.54, 1.807) is 7.11 Å². The number of carbonyl (C=O) groups is 1. The molecule has 2 rings (SSSR count). The number of carbonyl (C=O) groups excluding carboxylic acids is 1. The number of nitrogens with one attached hydrogen (secondary N) is 1. The van der Waals surface area contributed by atoms with Crippen LogP contribution in [0.3, 0.4) is 0 Å². The molecule has 0 unspecified atom stereocenters. The number of benzene rings is 1. The number of aromatic nitrogens is 1. The zero-order valence-corrected chi connectivity index (χ0v) is 12.9. The van der Waals surface area contributed by atoms with E-state index in [9.17, 15) is 4.79 Å². The Hall–Kier alpha value is -1.59. The molecule has 1 N–H and O–H groups in total. The van der Waals surface area contributed by atoms with Crippen molar-refractivity contribution >= 4 is 21.8 Å². The fraction of sp³-hybridized carbons (Fsp3) is 0.267. The zero-order valence-electron chi connectivity index (χ0n) is 11.3. The van der Waals surface area contributed by atoms with E-state index in [4.69, 9.17) is 4.74 Å². The number of hydrogen-bond donors (Lipinski definition) is 1.